The lowest BCUT2D eigenvalue weighted by Crippen LogP contribution is -2.11. The van der Waals surface area contributed by atoms with Gasteiger partial charge in [-0.3, -0.25) is 4.79 Å². The Labute approximate surface area is 112 Å². The minimum absolute atomic E-state index is 0.0127. The van der Waals surface area contributed by atoms with Crippen molar-refractivity contribution in [2.45, 2.75) is 6.92 Å². The van der Waals surface area contributed by atoms with E-state index in [1.165, 1.54) is 6.92 Å². The highest BCUT2D eigenvalue weighted by Gasteiger charge is 2.06. The summed E-state index contributed by atoms with van der Waals surface area (Å²) in [6.07, 6.45) is 1.67. The molecule has 0 saturated heterocycles. The molecule has 4 nitrogen and oxygen atoms in total. The van der Waals surface area contributed by atoms with Crippen molar-refractivity contribution in [3.8, 4) is 11.6 Å². The van der Waals surface area contributed by atoms with Crippen molar-refractivity contribution in [3.63, 3.8) is 0 Å². The highest BCUT2D eigenvalue weighted by Crippen LogP contribution is 2.18. The topological polar surface area (TPSA) is 48.4 Å². The van der Waals surface area contributed by atoms with E-state index in [4.69, 9.17) is 9.47 Å². The Morgan fingerprint density at radius 3 is 2.53 bits per heavy atom. The number of rotatable bonds is 6. The zero-order valence-corrected chi connectivity index (χ0v) is 10.7. The van der Waals surface area contributed by atoms with Gasteiger partial charge in [0.25, 0.3) is 0 Å². The number of hydrogen-bond acceptors (Lipinski definition) is 4. The van der Waals surface area contributed by atoms with Crippen LogP contribution in [0.15, 0.2) is 48.7 Å². The molecular weight excluding hydrogens is 242 g/mol. The van der Waals surface area contributed by atoms with Crippen LogP contribution in [0.4, 0.5) is 0 Å². The monoisotopic (exact) mass is 257 g/mol. The summed E-state index contributed by atoms with van der Waals surface area (Å²) in [5.74, 6) is 1.13. The molecule has 2 aromatic rings. The van der Waals surface area contributed by atoms with Crippen LogP contribution in [0.1, 0.15) is 17.3 Å². The van der Waals surface area contributed by atoms with E-state index in [0.717, 1.165) is 0 Å². The van der Waals surface area contributed by atoms with E-state index in [0.29, 0.717) is 30.4 Å². The van der Waals surface area contributed by atoms with E-state index >= 15 is 0 Å². The molecule has 0 N–H and O–H groups in total. The van der Waals surface area contributed by atoms with E-state index in [1.807, 2.05) is 24.3 Å². The second-order valence-electron chi connectivity index (χ2n) is 3.92. The van der Waals surface area contributed by atoms with Crippen molar-refractivity contribution in [3.05, 3.63) is 54.2 Å². The summed E-state index contributed by atoms with van der Waals surface area (Å²) in [6.45, 7) is 2.26. The molecule has 0 aliphatic heterocycles. The molecule has 1 heterocycles. The van der Waals surface area contributed by atoms with Gasteiger partial charge in [0.1, 0.15) is 19.0 Å². The smallest absolute Gasteiger partial charge is 0.213 e. The predicted molar refractivity (Wildman–Crippen MR) is 71.7 cm³/mol. The average Bonchev–Trinajstić information content (AvgIpc) is 2.45. The Morgan fingerprint density at radius 1 is 1.05 bits per heavy atom. The second kappa shape index (κ2) is 6.54. The summed E-state index contributed by atoms with van der Waals surface area (Å²) >= 11 is 0. The lowest BCUT2D eigenvalue weighted by atomic mass is 10.1. The van der Waals surface area contributed by atoms with Gasteiger partial charge in [0.2, 0.25) is 5.88 Å². The predicted octanol–water partition coefficient (Wildman–Crippen LogP) is 2.74. The molecule has 0 spiro atoms. The quantitative estimate of drug-likeness (QED) is 0.589. The van der Waals surface area contributed by atoms with Crippen LogP contribution in [0.5, 0.6) is 11.6 Å². The fourth-order valence-corrected chi connectivity index (χ4v) is 1.61. The number of carbonyl (C=O) groups is 1. The van der Waals surface area contributed by atoms with Gasteiger partial charge in [0, 0.05) is 12.3 Å². The SMILES string of the molecule is CC(=O)c1ccccc1OCCOc1ccccn1. The van der Waals surface area contributed by atoms with Gasteiger partial charge in [-0.1, -0.05) is 18.2 Å². The zero-order valence-electron chi connectivity index (χ0n) is 10.7. The summed E-state index contributed by atoms with van der Waals surface area (Å²) in [5.41, 5.74) is 0.584. The van der Waals surface area contributed by atoms with Crippen molar-refractivity contribution in [2.75, 3.05) is 13.2 Å². The third-order valence-corrected chi connectivity index (χ3v) is 2.49. The summed E-state index contributed by atoms with van der Waals surface area (Å²) in [5, 5.41) is 0. The normalized spacial score (nSPS) is 9.95. The lowest BCUT2D eigenvalue weighted by molar-refractivity contribution is 0.101. The van der Waals surface area contributed by atoms with Crippen molar-refractivity contribution >= 4 is 5.78 Å². The van der Waals surface area contributed by atoms with Gasteiger partial charge in [-0.2, -0.15) is 0 Å². The van der Waals surface area contributed by atoms with E-state index in [9.17, 15) is 4.79 Å². The molecule has 0 atom stereocenters. The van der Waals surface area contributed by atoms with Crippen molar-refractivity contribution in [1.82, 2.24) is 4.98 Å². The fourth-order valence-electron chi connectivity index (χ4n) is 1.61. The Hall–Kier alpha value is -2.36. The third kappa shape index (κ3) is 3.81. The molecule has 0 radical (unpaired) electrons. The highest BCUT2D eigenvalue weighted by atomic mass is 16.5. The Bertz CT molecular complexity index is 540. The van der Waals surface area contributed by atoms with Crippen LogP contribution in [-0.4, -0.2) is 24.0 Å². The molecule has 1 aromatic carbocycles. The molecule has 0 bridgehead atoms. The first-order valence-electron chi connectivity index (χ1n) is 6.04. The van der Waals surface area contributed by atoms with Crippen LogP contribution >= 0.6 is 0 Å². The number of aromatic nitrogens is 1. The number of para-hydroxylation sites is 1. The number of hydrogen-bond donors (Lipinski definition) is 0. The summed E-state index contributed by atoms with van der Waals surface area (Å²) in [7, 11) is 0. The van der Waals surface area contributed by atoms with E-state index in [-0.39, 0.29) is 5.78 Å². The van der Waals surface area contributed by atoms with E-state index in [2.05, 4.69) is 4.98 Å². The maximum absolute atomic E-state index is 11.4. The van der Waals surface area contributed by atoms with E-state index in [1.54, 1.807) is 24.4 Å². The van der Waals surface area contributed by atoms with Gasteiger partial charge in [-0.25, -0.2) is 4.98 Å². The molecule has 19 heavy (non-hydrogen) atoms. The zero-order chi connectivity index (χ0) is 13.5. The van der Waals surface area contributed by atoms with Crippen molar-refractivity contribution in [2.24, 2.45) is 0 Å². The first kappa shape index (κ1) is 13.1. The lowest BCUT2D eigenvalue weighted by Gasteiger charge is -2.10. The summed E-state index contributed by atoms with van der Waals surface area (Å²) < 4.78 is 11.0. The highest BCUT2D eigenvalue weighted by molar-refractivity contribution is 5.96. The van der Waals surface area contributed by atoms with Gasteiger partial charge in [-0.05, 0) is 25.1 Å². The number of benzene rings is 1. The largest absolute Gasteiger partial charge is 0.489 e. The number of Topliss-reactive ketones (excluding diaryl/α,β-unsaturated/α-hetero) is 1. The molecule has 0 saturated carbocycles. The molecule has 0 aliphatic carbocycles. The minimum Gasteiger partial charge on any atom is -0.489 e. The second-order valence-corrected chi connectivity index (χ2v) is 3.92. The summed E-state index contributed by atoms with van der Waals surface area (Å²) in [4.78, 5) is 15.4. The molecule has 0 fully saturated rings. The Balaban J connectivity index is 1.85. The molecule has 1 aromatic heterocycles. The number of ether oxygens (including phenoxy) is 2. The number of nitrogens with zero attached hydrogens (tertiary/aromatic N) is 1. The van der Waals surface area contributed by atoms with Gasteiger partial charge >= 0.3 is 0 Å². The van der Waals surface area contributed by atoms with Gasteiger partial charge in [0.15, 0.2) is 5.78 Å². The molecule has 0 aliphatic rings. The number of ketones is 1. The van der Waals surface area contributed by atoms with Crippen LogP contribution in [0, 0.1) is 0 Å². The standard InChI is InChI=1S/C15H15NO3/c1-12(17)13-6-2-3-7-14(13)18-10-11-19-15-8-4-5-9-16-15/h2-9H,10-11H2,1H3. The first-order valence-corrected chi connectivity index (χ1v) is 6.04. The van der Waals surface area contributed by atoms with Crippen molar-refractivity contribution in [1.29, 1.82) is 0 Å². The van der Waals surface area contributed by atoms with Crippen molar-refractivity contribution < 1.29 is 14.3 Å². The van der Waals surface area contributed by atoms with Crippen LogP contribution < -0.4 is 9.47 Å². The fraction of sp³-hybridized carbons (Fsp3) is 0.200. The van der Waals surface area contributed by atoms with Gasteiger partial charge in [-0.15, -0.1) is 0 Å². The number of carbonyl (C=O) groups excluding carboxylic acids is 1. The summed E-state index contributed by atoms with van der Waals surface area (Å²) in [6, 6.07) is 12.6. The minimum atomic E-state index is -0.0127. The maximum Gasteiger partial charge on any atom is 0.213 e. The van der Waals surface area contributed by atoms with Crippen LogP contribution in [0.3, 0.4) is 0 Å². The Kier molecular flexibility index (Phi) is 4.50. The van der Waals surface area contributed by atoms with Crippen LogP contribution in [0.2, 0.25) is 0 Å². The Morgan fingerprint density at radius 2 is 1.79 bits per heavy atom. The number of pyridine rings is 1. The van der Waals surface area contributed by atoms with Crippen LogP contribution in [0.25, 0.3) is 0 Å². The van der Waals surface area contributed by atoms with Crippen LogP contribution in [-0.2, 0) is 0 Å². The molecule has 2 rings (SSSR count). The first-order chi connectivity index (χ1) is 9.27. The maximum atomic E-state index is 11.4. The molecule has 98 valence electrons. The van der Waals surface area contributed by atoms with Gasteiger partial charge in [0.05, 0.1) is 5.56 Å². The molecule has 0 amide bonds. The molecule has 0 unspecified atom stereocenters. The average molecular weight is 257 g/mol. The van der Waals surface area contributed by atoms with Gasteiger partial charge < -0.3 is 9.47 Å². The van der Waals surface area contributed by atoms with E-state index < -0.39 is 0 Å². The molecular formula is C15H15NO3. The molecule has 4 heteroatoms. The third-order valence-electron chi connectivity index (χ3n) is 2.49.